The second-order valence-corrected chi connectivity index (χ2v) is 4.58. The zero-order valence-corrected chi connectivity index (χ0v) is 11.4. The lowest BCUT2D eigenvalue weighted by atomic mass is 10.1. The second kappa shape index (κ2) is 6.25. The fourth-order valence-electron chi connectivity index (χ4n) is 1.72. The quantitative estimate of drug-likeness (QED) is 0.898. The first-order valence-electron chi connectivity index (χ1n) is 5.99. The number of halogens is 1. The molecule has 2 N–H and O–H groups in total. The minimum atomic E-state index is -0.0878. The van der Waals surface area contributed by atoms with Gasteiger partial charge in [-0.15, -0.1) is 0 Å². The molecule has 2 rings (SSSR count). The van der Waals surface area contributed by atoms with Crippen LogP contribution in [0, 0.1) is 0 Å². The lowest BCUT2D eigenvalue weighted by Gasteiger charge is -2.08. The molecular weight excluding hydrogens is 260 g/mol. The Labute approximate surface area is 117 Å². The summed E-state index contributed by atoms with van der Waals surface area (Å²) >= 11 is 5.84. The van der Waals surface area contributed by atoms with Gasteiger partial charge < -0.3 is 10.6 Å². The molecule has 0 saturated heterocycles. The van der Waals surface area contributed by atoms with Gasteiger partial charge in [0.1, 0.15) is 0 Å². The number of carbonyl (C=O) groups excluding carboxylic acids is 1. The molecule has 0 heterocycles. The zero-order chi connectivity index (χ0) is 13.7. The Morgan fingerprint density at radius 2 is 1.89 bits per heavy atom. The molecule has 1 amide bonds. The SMILES string of the molecule is CNC(=O)c1cccc(NCc2ccc(Cl)cc2)c1. The van der Waals surface area contributed by atoms with Gasteiger partial charge in [-0.2, -0.15) is 0 Å². The van der Waals surface area contributed by atoms with Crippen molar-refractivity contribution in [3.05, 3.63) is 64.7 Å². The fourth-order valence-corrected chi connectivity index (χ4v) is 1.85. The molecule has 0 atom stereocenters. The predicted molar refractivity (Wildman–Crippen MR) is 78.6 cm³/mol. The highest BCUT2D eigenvalue weighted by atomic mass is 35.5. The Hall–Kier alpha value is -2.00. The van der Waals surface area contributed by atoms with Crippen molar-refractivity contribution in [3.8, 4) is 0 Å². The first-order valence-corrected chi connectivity index (χ1v) is 6.37. The summed E-state index contributed by atoms with van der Waals surface area (Å²) in [4.78, 5) is 11.5. The molecule has 4 heteroatoms. The largest absolute Gasteiger partial charge is 0.381 e. The van der Waals surface area contributed by atoms with Crippen LogP contribution in [0.2, 0.25) is 5.02 Å². The number of rotatable bonds is 4. The van der Waals surface area contributed by atoms with Crippen LogP contribution in [0.3, 0.4) is 0 Å². The van der Waals surface area contributed by atoms with E-state index in [9.17, 15) is 4.79 Å². The van der Waals surface area contributed by atoms with E-state index in [1.54, 1.807) is 13.1 Å². The highest BCUT2D eigenvalue weighted by Gasteiger charge is 2.03. The molecule has 0 radical (unpaired) electrons. The van der Waals surface area contributed by atoms with E-state index < -0.39 is 0 Å². The molecule has 0 unspecified atom stereocenters. The van der Waals surface area contributed by atoms with Crippen molar-refractivity contribution < 1.29 is 4.79 Å². The van der Waals surface area contributed by atoms with Gasteiger partial charge in [-0.1, -0.05) is 29.8 Å². The third-order valence-electron chi connectivity index (χ3n) is 2.76. The normalized spacial score (nSPS) is 10.0. The smallest absolute Gasteiger partial charge is 0.251 e. The van der Waals surface area contributed by atoms with E-state index in [4.69, 9.17) is 11.6 Å². The molecule has 0 fully saturated rings. The Kier molecular flexibility index (Phi) is 4.42. The van der Waals surface area contributed by atoms with E-state index in [1.807, 2.05) is 42.5 Å². The molecule has 0 spiro atoms. The highest BCUT2D eigenvalue weighted by molar-refractivity contribution is 6.30. The topological polar surface area (TPSA) is 41.1 Å². The molecule has 0 aliphatic rings. The number of anilines is 1. The number of benzene rings is 2. The summed E-state index contributed by atoms with van der Waals surface area (Å²) in [6, 6.07) is 15.1. The summed E-state index contributed by atoms with van der Waals surface area (Å²) in [5, 5.41) is 6.61. The van der Waals surface area contributed by atoms with Crippen molar-refractivity contribution in [2.24, 2.45) is 0 Å². The van der Waals surface area contributed by atoms with E-state index in [-0.39, 0.29) is 5.91 Å². The summed E-state index contributed by atoms with van der Waals surface area (Å²) in [6.07, 6.45) is 0. The number of hydrogen-bond donors (Lipinski definition) is 2. The monoisotopic (exact) mass is 274 g/mol. The molecule has 0 aliphatic heterocycles. The molecule has 0 aromatic heterocycles. The minimum absolute atomic E-state index is 0.0878. The zero-order valence-electron chi connectivity index (χ0n) is 10.6. The summed E-state index contributed by atoms with van der Waals surface area (Å²) in [7, 11) is 1.62. The van der Waals surface area contributed by atoms with Crippen molar-refractivity contribution in [2.75, 3.05) is 12.4 Å². The van der Waals surface area contributed by atoms with Gasteiger partial charge in [-0.3, -0.25) is 4.79 Å². The van der Waals surface area contributed by atoms with Crippen LogP contribution < -0.4 is 10.6 Å². The Balaban J connectivity index is 2.03. The van der Waals surface area contributed by atoms with E-state index in [0.717, 1.165) is 16.3 Å². The summed E-state index contributed by atoms with van der Waals surface area (Å²) < 4.78 is 0. The van der Waals surface area contributed by atoms with Gasteiger partial charge in [-0.25, -0.2) is 0 Å². The predicted octanol–water partition coefficient (Wildman–Crippen LogP) is 3.31. The van der Waals surface area contributed by atoms with Gasteiger partial charge in [0.05, 0.1) is 0 Å². The van der Waals surface area contributed by atoms with Crippen molar-refractivity contribution in [3.63, 3.8) is 0 Å². The number of amides is 1. The average Bonchev–Trinajstić information content (AvgIpc) is 2.46. The molecule has 0 saturated carbocycles. The maximum atomic E-state index is 11.5. The maximum Gasteiger partial charge on any atom is 0.251 e. The number of hydrogen-bond acceptors (Lipinski definition) is 2. The third kappa shape index (κ3) is 3.73. The summed E-state index contributed by atoms with van der Waals surface area (Å²) in [6.45, 7) is 0.689. The summed E-state index contributed by atoms with van der Waals surface area (Å²) in [5.74, 6) is -0.0878. The molecule has 2 aromatic rings. The second-order valence-electron chi connectivity index (χ2n) is 4.14. The first kappa shape index (κ1) is 13.4. The Bertz CT molecular complexity index is 567. The van der Waals surface area contributed by atoms with Crippen LogP contribution in [-0.2, 0) is 6.54 Å². The molecule has 98 valence electrons. The molecule has 2 aromatic carbocycles. The van der Waals surface area contributed by atoms with Crippen molar-refractivity contribution >= 4 is 23.2 Å². The maximum absolute atomic E-state index is 11.5. The summed E-state index contributed by atoms with van der Waals surface area (Å²) in [5.41, 5.74) is 2.69. The average molecular weight is 275 g/mol. The number of nitrogens with one attached hydrogen (secondary N) is 2. The molecule has 3 nitrogen and oxygen atoms in total. The van der Waals surface area contributed by atoms with Gasteiger partial charge >= 0.3 is 0 Å². The molecule has 0 aliphatic carbocycles. The standard InChI is InChI=1S/C15H15ClN2O/c1-17-15(19)12-3-2-4-14(9-12)18-10-11-5-7-13(16)8-6-11/h2-9,18H,10H2,1H3,(H,17,19). The first-order chi connectivity index (χ1) is 9.19. The fraction of sp³-hybridized carbons (Fsp3) is 0.133. The van der Waals surface area contributed by atoms with Gasteiger partial charge in [0.25, 0.3) is 5.91 Å². The van der Waals surface area contributed by atoms with Crippen LogP contribution in [0.4, 0.5) is 5.69 Å². The van der Waals surface area contributed by atoms with Gasteiger partial charge in [0.2, 0.25) is 0 Å². The number of carbonyl (C=O) groups is 1. The lowest BCUT2D eigenvalue weighted by Crippen LogP contribution is -2.17. The van der Waals surface area contributed by atoms with Gasteiger partial charge in [0, 0.05) is 29.9 Å². The minimum Gasteiger partial charge on any atom is -0.381 e. The van der Waals surface area contributed by atoms with Gasteiger partial charge in [0.15, 0.2) is 0 Å². The van der Waals surface area contributed by atoms with Crippen LogP contribution in [-0.4, -0.2) is 13.0 Å². The highest BCUT2D eigenvalue weighted by Crippen LogP contribution is 2.14. The van der Waals surface area contributed by atoms with E-state index in [1.165, 1.54) is 0 Å². The van der Waals surface area contributed by atoms with Crippen LogP contribution in [0.1, 0.15) is 15.9 Å². The van der Waals surface area contributed by atoms with Crippen LogP contribution >= 0.6 is 11.6 Å². The van der Waals surface area contributed by atoms with E-state index in [0.29, 0.717) is 12.1 Å². The molecule has 0 bridgehead atoms. The van der Waals surface area contributed by atoms with Gasteiger partial charge in [-0.05, 0) is 35.9 Å². The lowest BCUT2D eigenvalue weighted by molar-refractivity contribution is 0.0963. The Morgan fingerprint density at radius 3 is 2.58 bits per heavy atom. The van der Waals surface area contributed by atoms with Crippen LogP contribution in [0.25, 0.3) is 0 Å². The van der Waals surface area contributed by atoms with Crippen LogP contribution in [0.15, 0.2) is 48.5 Å². The Morgan fingerprint density at radius 1 is 1.16 bits per heavy atom. The third-order valence-corrected chi connectivity index (χ3v) is 3.01. The van der Waals surface area contributed by atoms with Crippen molar-refractivity contribution in [1.82, 2.24) is 5.32 Å². The van der Waals surface area contributed by atoms with Crippen molar-refractivity contribution in [1.29, 1.82) is 0 Å². The molecular formula is C15H15ClN2O. The van der Waals surface area contributed by atoms with Crippen molar-refractivity contribution in [2.45, 2.75) is 6.54 Å². The van der Waals surface area contributed by atoms with Crippen LogP contribution in [0.5, 0.6) is 0 Å². The van der Waals surface area contributed by atoms with E-state index in [2.05, 4.69) is 10.6 Å². The molecule has 19 heavy (non-hydrogen) atoms. The van der Waals surface area contributed by atoms with E-state index >= 15 is 0 Å².